The van der Waals surface area contributed by atoms with E-state index in [1.807, 2.05) is 0 Å². The Morgan fingerprint density at radius 3 is 1.86 bits per heavy atom. The second kappa shape index (κ2) is 15.7. The van der Waals surface area contributed by atoms with Gasteiger partial charge in [-0.1, -0.05) is 39.0 Å². The zero-order valence-corrected chi connectivity index (χ0v) is 16.5. The molecule has 0 saturated heterocycles. The molecule has 0 fully saturated rings. The van der Waals surface area contributed by atoms with Crippen LogP contribution in [-0.2, 0) is 23.8 Å². The third-order valence-corrected chi connectivity index (χ3v) is 4.27. The molecular formula is C14H29NaO5S. The Kier molecular flexibility index (Phi) is 16.3. The number of rotatable bonds is 16. The van der Waals surface area contributed by atoms with Gasteiger partial charge in [-0.05, 0) is 0 Å². The van der Waals surface area contributed by atoms with Crippen molar-refractivity contribution in [2.45, 2.75) is 74.8 Å². The molecule has 0 spiro atoms. The van der Waals surface area contributed by atoms with Crippen LogP contribution in [0.15, 0.2) is 0 Å². The summed E-state index contributed by atoms with van der Waals surface area (Å²) in [6, 6.07) is 0. The van der Waals surface area contributed by atoms with Gasteiger partial charge in [-0.3, -0.25) is 0 Å². The average molecular weight is 332 g/mol. The Morgan fingerprint density at radius 1 is 0.810 bits per heavy atom. The van der Waals surface area contributed by atoms with Crippen LogP contribution >= 0.6 is 0 Å². The van der Waals surface area contributed by atoms with Crippen molar-refractivity contribution in [3.05, 3.63) is 0 Å². The second-order valence-corrected chi connectivity index (χ2v) is 7.49. The van der Waals surface area contributed by atoms with Crippen molar-refractivity contribution in [1.29, 1.82) is 0 Å². The summed E-state index contributed by atoms with van der Waals surface area (Å²) >= 11 is 0.954. The van der Waals surface area contributed by atoms with Gasteiger partial charge in [-0.2, -0.15) is 0 Å². The van der Waals surface area contributed by atoms with E-state index in [0.717, 1.165) is 50.9 Å². The van der Waals surface area contributed by atoms with E-state index in [2.05, 4.69) is 20.3 Å². The van der Waals surface area contributed by atoms with Crippen molar-refractivity contribution in [3.8, 4) is 0 Å². The van der Waals surface area contributed by atoms with E-state index in [4.69, 9.17) is 0 Å². The second-order valence-electron chi connectivity index (χ2n) is 5.30. The van der Waals surface area contributed by atoms with E-state index in [-0.39, 0.29) is 6.61 Å². The van der Waals surface area contributed by atoms with E-state index in [1.165, 1.54) is 44.9 Å². The first kappa shape index (κ1) is 21.8. The minimum atomic E-state index is -3.97. The zero-order valence-electron chi connectivity index (χ0n) is 13.6. The Balaban J connectivity index is 3.28. The molecule has 0 radical (unpaired) electrons. The van der Waals surface area contributed by atoms with Crippen molar-refractivity contribution in [2.75, 3.05) is 13.2 Å². The molecule has 0 rings (SSSR count). The van der Waals surface area contributed by atoms with Gasteiger partial charge in [0.15, 0.2) is 0 Å². The van der Waals surface area contributed by atoms with Gasteiger partial charge in [-0.15, -0.1) is 0 Å². The summed E-state index contributed by atoms with van der Waals surface area (Å²) in [6.07, 6.45) is 12.0. The normalized spacial score (nSPS) is 12.0. The molecule has 0 unspecified atom stereocenters. The molecule has 7 heteroatoms. The Morgan fingerprint density at radius 2 is 1.33 bits per heavy atom. The topological polar surface area (TPSA) is 61.8 Å². The Hall–Kier alpha value is 0.830. The summed E-state index contributed by atoms with van der Waals surface area (Å²) in [4.78, 5) is 4.52. The van der Waals surface area contributed by atoms with E-state index in [0.29, 0.717) is 6.61 Å². The number of hydrogen-bond donors (Lipinski definition) is 0. The standard InChI is InChI=1S/C14H29O5S.Na/c1-3-5-6-7-8-9-10-11-12-13-14-18-20(15,16)19-17-4-2;/h2-14H2,1H3;. The van der Waals surface area contributed by atoms with Crippen molar-refractivity contribution < 1.29 is 21.8 Å². The maximum atomic E-state index is 11.2. The van der Waals surface area contributed by atoms with Crippen LogP contribution in [0.25, 0.3) is 0 Å². The summed E-state index contributed by atoms with van der Waals surface area (Å²) in [6.45, 7) is 2.70. The van der Waals surface area contributed by atoms with Crippen LogP contribution < -0.4 is 0 Å². The molecular weight excluding hydrogens is 303 g/mol. The molecule has 0 aromatic carbocycles. The fraction of sp³-hybridized carbons (Fsp3) is 1.00. The molecule has 0 aliphatic rings. The molecule has 21 heavy (non-hydrogen) atoms. The molecule has 0 aromatic rings. The van der Waals surface area contributed by atoms with Gasteiger partial charge in [0, 0.05) is 0 Å². The van der Waals surface area contributed by atoms with Crippen LogP contribution in [0.5, 0.6) is 0 Å². The number of unbranched alkanes of at least 4 members (excludes halogenated alkanes) is 9. The Labute approximate surface area is 147 Å². The van der Waals surface area contributed by atoms with Crippen LogP contribution in [-0.4, -0.2) is 49.6 Å². The van der Waals surface area contributed by atoms with E-state index >= 15 is 0 Å². The third kappa shape index (κ3) is 17.0. The average Bonchev–Trinajstić information content (AvgIpc) is 2.45. The maximum absolute atomic E-state index is 11.2. The van der Waals surface area contributed by atoms with Crippen LogP contribution in [0.2, 0.25) is 3.67 Å². The summed E-state index contributed by atoms with van der Waals surface area (Å²) in [7, 11) is -3.97. The summed E-state index contributed by atoms with van der Waals surface area (Å²) in [5.74, 6) is 0. The van der Waals surface area contributed by atoms with Gasteiger partial charge < -0.3 is 0 Å². The van der Waals surface area contributed by atoms with Gasteiger partial charge in [0.25, 0.3) is 0 Å². The van der Waals surface area contributed by atoms with Crippen LogP contribution in [0.4, 0.5) is 0 Å². The van der Waals surface area contributed by atoms with Crippen molar-refractivity contribution >= 4 is 38.3 Å². The van der Waals surface area contributed by atoms with E-state index < -0.39 is 10.4 Å². The quantitative estimate of drug-likeness (QED) is 0.187. The molecule has 0 amide bonds. The molecule has 0 N–H and O–H groups in total. The van der Waals surface area contributed by atoms with Crippen LogP contribution in [0.3, 0.4) is 0 Å². The SMILES string of the molecule is CCCCCCCCCCCCOS(=O)(=O)OOC[CH2][Na]. The van der Waals surface area contributed by atoms with Crippen LogP contribution in [0.1, 0.15) is 71.1 Å². The van der Waals surface area contributed by atoms with Gasteiger partial charge in [0.1, 0.15) is 0 Å². The number of hydrogen-bond acceptors (Lipinski definition) is 5. The van der Waals surface area contributed by atoms with E-state index in [1.54, 1.807) is 0 Å². The van der Waals surface area contributed by atoms with Crippen LogP contribution in [0, 0.1) is 0 Å². The monoisotopic (exact) mass is 332 g/mol. The zero-order chi connectivity index (χ0) is 15.8. The molecule has 0 atom stereocenters. The molecule has 0 aliphatic carbocycles. The first-order chi connectivity index (χ1) is 10.1. The minimum absolute atomic E-state index is 0.170. The fourth-order valence-electron chi connectivity index (χ4n) is 1.95. The van der Waals surface area contributed by atoms with Crippen molar-refractivity contribution in [1.82, 2.24) is 0 Å². The van der Waals surface area contributed by atoms with Gasteiger partial charge in [0.2, 0.25) is 0 Å². The molecule has 0 aromatic heterocycles. The Bertz CT molecular complexity index is 308. The summed E-state index contributed by atoms with van der Waals surface area (Å²) < 4.78 is 32.2. The fourth-order valence-corrected chi connectivity index (χ4v) is 2.66. The summed E-state index contributed by atoms with van der Waals surface area (Å²) in [5, 5.41) is 0. The predicted molar refractivity (Wildman–Crippen MR) is 84.3 cm³/mol. The van der Waals surface area contributed by atoms with E-state index in [9.17, 15) is 8.42 Å². The third-order valence-electron chi connectivity index (χ3n) is 3.14. The molecule has 0 heterocycles. The first-order valence-electron chi connectivity index (χ1n) is 8.32. The van der Waals surface area contributed by atoms with Gasteiger partial charge in [0.05, 0.1) is 0 Å². The molecule has 0 bridgehead atoms. The van der Waals surface area contributed by atoms with Gasteiger partial charge in [-0.25, -0.2) is 0 Å². The molecule has 122 valence electrons. The predicted octanol–water partition coefficient (Wildman–Crippen LogP) is 3.70. The van der Waals surface area contributed by atoms with Crippen molar-refractivity contribution in [2.24, 2.45) is 0 Å². The molecule has 0 aliphatic heterocycles. The van der Waals surface area contributed by atoms with Crippen molar-refractivity contribution in [3.63, 3.8) is 0 Å². The summed E-state index contributed by atoms with van der Waals surface area (Å²) in [5.41, 5.74) is 0. The first-order valence-corrected chi connectivity index (χ1v) is 11.1. The molecule has 0 saturated carbocycles. The van der Waals surface area contributed by atoms with Gasteiger partial charge >= 0.3 is 109 Å². The molecule has 5 nitrogen and oxygen atoms in total.